The van der Waals surface area contributed by atoms with Crippen molar-refractivity contribution < 1.29 is 1.37 Å². The van der Waals surface area contributed by atoms with Gasteiger partial charge in [0, 0.05) is 13.7 Å². The van der Waals surface area contributed by atoms with E-state index in [2.05, 4.69) is 10.5 Å². The fourth-order valence-corrected chi connectivity index (χ4v) is 0. The molecule has 0 heterocycles. The molecule has 0 radical (unpaired) electrons. The van der Waals surface area contributed by atoms with E-state index in [4.69, 9.17) is 1.37 Å². The predicted octanol–water partition coefficient (Wildman–Crippen LogP) is -0.179. The molecule has 0 aliphatic heterocycles. The van der Waals surface area contributed by atoms with Crippen molar-refractivity contribution in [2.45, 2.75) is 0 Å². The van der Waals surface area contributed by atoms with Gasteiger partial charge in [0.25, 0.3) is 0 Å². The molecule has 0 aliphatic carbocycles. The fraction of sp³-hybridized carbons (Fsp3) is 0.500. The van der Waals surface area contributed by atoms with Gasteiger partial charge in [-0.2, -0.15) is 5.10 Å². The summed E-state index contributed by atoms with van der Waals surface area (Å²) in [6, 6.07) is 0. The Morgan fingerprint density at radius 1 is 2.50 bits per heavy atom. The lowest BCUT2D eigenvalue weighted by molar-refractivity contribution is 0.913. The molecule has 0 fully saturated rings. The summed E-state index contributed by atoms with van der Waals surface area (Å²) in [5.41, 5.74) is 2.40. The van der Waals surface area contributed by atoms with Crippen molar-refractivity contribution >= 4 is 6.69 Å². The third-order valence-corrected chi connectivity index (χ3v) is 0.129. The predicted molar refractivity (Wildman–Crippen MR) is 18.6 cm³/mol. The van der Waals surface area contributed by atoms with E-state index in [0.717, 1.165) is 6.69 Å². The van der Waals surface area contributed by atoms with E-state index in [-0.39, 0.29) is 0 Å². The van der Waals surface area contributed by atoms with E-state index in [1.165, 1.54) is 0 Å². The highest BCUT2D eigenvalue weighted by atomic mass is 15.2. The Balaban J connectivity index is 2.62. The Labute approximate surface area is 26.9 Å². The van der Waals surface area contributed by atoms with Gasteiger partial charge in [0.1, 0.15) is 0 Å². The molecule has 2 nitrogen and oxygen atoms in total. The van der Waals surface area contributed by atoms with E-state index >= 15 is 0 Å². The molecule has 4 heavy (non-hydrogen) atoms. The van der Waals surface area contributed by atoms with Crippen LogP contribution in [0.4, 0.5) is 0 Å². The molecule has 1 N–H and O–H groups in total. The largest absolute Gasteiger partial charge is 0.314 e. The van der Waals surface area contributed by atoms with Crippen LogP contribution >= 0.6 is 0 Å². The zero-order chi connectivity index (χ0) is 4.12. The number of nitrogens with zero attached hydrogens (tertiary/aromatic N) is 1. The Bertz CT molecular complexity index is 34.6. The summed E-state index contributed by atoms with van der Waals surface area (Å²) >= 11 is 0. The summed E-state index contributed by atoms with van der Waals surface area (Å²) in [7, 11) is 1.64. The first-order valence-corrected chi connectivity index (χ1v) is 0.982. The average molecular weight is 60.1 g/mol. The second-order valence-electron chi connectivity index (χ2n) is 0.353. The highest BCUT2D eigenvalue weighted by Crippen LogP contribution is 1.27. The maximum atomic E-state index is 6.25. The minimum atomic E-state index is 0.944. The Morgan fingerprint density at radius 3 is 3.25 bits per heavy atom. The van der Waals surface area contributed by atoms with E-state index in [9.17, 15) is 0 Å². The Hall–Kier alpha value is -0.530. The van der Waals surface area contributed by atoms with Gasteiger partial charge < -0.3 is 5.43 Å². The zero-order valence-electron chi connectivity index (χ0n) is 3.52. The molecule has 0 saturated heterocycles. The minimum absolute atomic E-state index is 0.944. The monoisotopic (exact) mass is 60.1 g/mol. The van der Waals surface area contributed by atoms with Crippen molar-refractivity contribution in [1.82, 2.24) is 5.43 Å². The maximum absolute atomic E-state index is 6.25. The summed E-state index contributed by atoms with van der Waals surface area (Å²) in [6.07, 6.45) is 0. The van der Waals surface area contributed by atoms with E-state index in [1.54, 1.807) is 7.05 Å². The second-order valence-corrected chi connectivity index (χ2v) is 0.353. The summed E-state index contributed by atoms with van der Waals surface area (Å²) in [5.74, 6) is 0. The molecular weight excluding hydrogens is 52.0 g/mol. The van der Waals surface area contributed by atoms with Crippen LogP contribution in [0, 0.1) is 0 Å². The van der Waals surface area contributed by atoms with Gasteiger partial charge in [-0.1, -0.05) is 0 Å². The number of hydrogen-bond donors (Lipinski definition) is 1. The first kappa shape index (κ1) is 1.76. The molecule has 0 atom stereocenters. The summed E-state index contributed by atoms with van der Waals surface area (Å²) < 4.78 is 6.25. The maximum Gasteiger partial charge on any atom is 0.0772 e. The van der Waals surface area contributed by atoms with Gasteiger partial charge in [-0.3, -0.25) is 0 Å². The average Bonchev–Trinajstić information content (AvgIpc) is 1.41. The summed E-state index contributed by atoms with van der Waals surface area (Å²) in [5, 5.41) is 3.26. The van der Waals surface area contributed by atoms with Crippen molar-refractivity contribution in [2.24, 2.45) is 5.10 Å². The van der Waals surface area contributed by atoms with Crippen molar-refractivity contribution in [1.29, 1.82) is 0 Å². The molecule has 0 aromatic heterocycles. The van der Waals surface area contributed by atoms with Crippen molar-refractivity contribution in [3.05, 3.63) is 0 Å². The van der Waals surface area contributed by atoms with E-state index in [0.29, 0.717) is 0 Å². The molecule has 0 spiro atoms. The first-order chi connectivity index (χ1) is 2.41. The Morgan fingerprint density at radius 2 is 3.25 bits per heavy atom. The number of nitrogens with one attached hydrogen (secondary N) is 1. The van der Waals surface area contributed by atoms with Crippen LogP contribution in [0.3, 0.4) is 0 Å². The number of hydrazone groups is 1. The standard InChI is InChI=1S/C2H6N2/c1-3-4-2/h4H,1H2,2H3/i1T. The normalized spacial score (nSPS) is 11.8. The topological polar surface area (TPSA) is 24.4 Å². The van der Waals surface area contributed by atoms with Crippen LogP contribution < -0.4 is 5.43 Å². The van der Waals surface area contributed by atoms with Crippen molar-refractivity contribution in [3.8, 4) is 0 Å². The molecule has 0 rings (SSSR count). The van der Waals surface area contributed by atoms with Crippen LogP contribution in [0.5, 0.6) is 0 Å². The molecule has 0 aromatic carbocycles. The van der Waals surface area contributed by atoms with E-state index < -0.39 is 0 Å². The van der Waals surface area contributed by atoms with E-state index in [1.807, 2.05) is 0 Å². The fourth-order valence-electron chi connectivity index (χ4n) is 0. The highest BCUT2D eigenvalue weighted by molar-refractivity contribution is 5.22. The molecular formula is C2H6N2. The minimum Gasteiger partial charge on any atom is -0.314 e. The highest BCUT2D eigenvalue weighted by Gasteiger charge is 1.33. The lowest BCUT2D eigenvalue weighted by Crippen LogP contribution is -1.88. The van der Waals surface area contributed by atoms with Crippen molar-refractivity contribution in [2.75, 3.05) is 7.05 Å². The third-order valence-electron chi connectivity index (χ3n) is 0.129. The van der Waals surface area contributed by atoms with Gasteiger partial charge in [0.05, 0.1) is 1.37 Å². The lowest BCUT2D eigenvalue weighted by atomic mass is 11.5. The third kappa shape index (κ3) is 1.47. The molecule has 24 valence electrons. The zero-order valence-corrected chi connectivity index (χ0v) is 2.52. The number of rotatable bonds is 1. The van der Waals surface area contributed by atoms with Crippen LogP contribution in [0.15, 0.2) is 5.10 Å². The van der Waals surface area contributed by atoms with Gasteiger partial charge >= 0.3 is 0 Å². The van der Waals surface area contributed by atoms with Gasteiger partial charge in [0.2, 0.25) is 0 Å². The van der Waals surface area contributed by atoms with Gasteiger partial charge in [0.15, 0.2) is 0 Å². The summed E-state index contributed by atoms with van der Waals surface area (Å²) in [4.78, 5) is 0. The second kappa shape index (κ2) is 2.47. The molecule has 2 heteroatoms. The van der Waals surface area contributed by atoms with Crippen LogP contribution in [0.25, 0.3) is 0 Å². The summed E-state index contributed by atoms with van der Waals surface area (Å²) in [6.45, 7) is 0.944. The van der Waals surface area contributed by atoms with Gasteiger partial charge in [-0.15, -0.1) is 0 Å². The molecule has 0 unspecified atom stereocenters. The molecule has 0 amide bonds. The van der Waals surface area contributed by atoms with Crippen molar-refractivity contribution in [3.63, 3.8) is 0 Å². The van der Waals surface area contributed by atoms with Crippen LogP contribution in [0.2, 0.25) is 0 Å². The molecule has 0 bridgehead atoms. The van der Waals surface area contributed by atoms with Crippen LogP contribution in [-0.2, 0) is 0 Å². The first-order valence-electron chi connectivity index (χ1n) is 1.56. The quantitative estimate of drug-likeness (QED) is 0.329. The Kier molecular flexibility index (Phi) is 1.09. The molecule has 0 aliphatic rings. The number of hydrogen-bond acceptors (Lipinski definition) is 2. The van der Waals surface area contributed by atoms with Crippen LogP contribution in [0.1, 0.15) is 1.37 Å². The SMILES string of the molecule is [3H]C=NNC. The molecule has 0 saturated carbocycles. The smallest absolute Gasteiger partial charge is 0.0772 e. The lowest BCUT2D eigenvalue weighted by Gasteiger charge is -1.71. The molecule has 0 aromatic rings. The van der Waals surface area contributed by atoms with Gasteiger partial charge in [-0.05, 0) is 0 Å². The van der Waals surface area contributed by atoms with Gasteiger partial charge in [-0.25, -0.2) is 0 Å². The van der Waals surface area contributed by atoms with Crippen LogP contribution in [-0.4, -0.2) is 13.7 Å².